The predicted molar refractivity (Wildman–Crippen MR) is 97.3 cm³/mol. The lowest BCUT2D eigenvalue weighted by molar-refractivity contribution is -0.123. The Morgan fingerprint density at radius 1 is 1.20 bits per heavy atom. The molecule has 0 atom stereocenters. The molecular weight excluding hydrogens is 342 g/mol. The molecule has 2 aromatic carbocycles. The van der Waals surface area contributed by atoms with Gasteiger partial charge in [-0.15, -0.1) is 0 Å². The molecular formula is C18H14ClN3O3. The molecule has 1 amide bonds. The first-order valence-electron chi connectivity index (χ1n) is 7.44. The predicted octanol–water partition coefficient (Wildman–Crippen LogP) is 2.71. The zero-order chi connectivity index (χ0) is 17.6. The van der Waals surface area contributed by atoms with Crippen LogP contribution in [0.2, 0.25) is 5.02 Å². The molecule has 0 spiro atoms. The van der Waals surface area contributed by atoms with Crippen LogP contribution in [0.4, 0.5) is 0 Å². The normalized spacial score (nSPS) is 10.9. The second kappa shape index (κ2) is 7.63. The van der Waals surface area contributed by atoms with E-state index in [-0.39, 0.29) is 12.2 Å². The molecule has 7 heteroatoms. The van der Waals surface area contributed by atoms with Crippen LogP contribution in [0.25, 0.3) is 10.9 Å². The number of ether oxygens (including phenoxy) is 1. The van der Waals surface area contributed by atoms with Crippen LogP contribution in [-0.4, -0.2) is 23.7 Å². The molecule has 0 unspecified atom stereocenters. The first-order valence-corrected chi connectivity index (χ1v) is 7.82. The maximum absolute atomic E-state index is 12.0. The highest BCUT2D eigenvalue weighted by molar-refractivity contribution is 6.30. The molecule has 0 saturated heterocycles. The highest BCUT2D eigenvalue weighted by Gasteiger charge is 2.03. The van der Waals surface area contributed by atoms with Crippen molar-refractivity contribution in [2.45, 2.75) is 0 Å². The number of hydrogen-bond acceptors (Lipinski definition) is 4. The van der Waals surface area contributed by atoms with Crippen molar-refractivity contribution in [1.82, 2.24) is 10.4 Å². The molecule has 3 aromatic rings. The quantitative estimate of drug-likeness (QED) is 0.545. The molecule has 0 bridgehead atoms. The third kappa shape index (κ3) is 4.45. The first-order chi connectivity index (χ1) is 12.1. The Bertz CT molecular complexity index is 998. The molecule has 0 aliphatic rings. The van der Waals surface area contributed by atoms with Crippen LogP contribution in [0.15, 0.2) is 64.5 Å². The van der Waals surface area contributed by atoms with Gasteiger partial charge in [-0.3, -0.25) is 9.59 Å². The Morgan fingerprint density at radius 3 is 2.88 bits per heavy atom. The van der Waals surface area contributed by atoms with Crippen molar-refractivity contribution in [3.63, 3.8) is 0 Å². The van der Waals surface area contributed by atoms with E-state index in [4.69, 9.17) is 16.3 Å². The van der Waals surface area contributed by atoms with Gasteiger partial charge in [-0.1, -0.05) is 35.9 Å². The first kappa shape index (κ1) is 16.7. The van der Waals surface area contributed by atoms with Gasteiger partial charge in [0.25, 0.3) is 11.5 Å². The molecule has 1 aromatic heterocycles. The average Bonchev–Trinajstić information content (AvgIpc) is 2.60. The van der Waals surface area contributed by atoms with Crippen molar-refractivity contribution in [2.75, 3.05) is 6.61 Å². The fourth-order valence-corrected chi connectivity index (χ4v) is 2.35. The molecule has 0 aliphatic heterocycles. The fourth-order valence-electron chi connectivity index (χ4n) is 2.17. The van der Waals surface area contributed by atoms with Crippen LogP contribution in [0.3, 0.4) is 0 Å². The van der Waals surface area contributed by atoms with Crippen molar-refractivity contribution in [1.29, 1.82) is 0 Å². The summed E-state index contributed by atoms with van der Waals surface area (Å²) in [5.74, 6) is 0.0334. The van der Waals surface area contributed by atoms with Gasteiger partial charge in [-0.05, 0) is 35.7 Å². The lowest BCUT2D eigenvalue weighted by Crippen LogP contribution is -2.25. The standard InChI is InChI=1S/C18H14ClN3O3/c19-14-5-3-6-15(9-14)25-11-17(23)22-20-10-13-8-12-4-1-2-7-16(12)21-18(13)24/h1-10H,11H2,(H,21,24)(H,22,23)/b20-10-. The van der Waals surface area contributed by atoms with Crippen molar-refractivity contribution in [2.24, 2.45) is 5.10 Å². The number of nitrogens with zero attached hydrogens (tertiary/aromatic N) is 1. The van der Waals surface area contributed by atoms with Crippen LogP contribution in [0.1, 0.15) is 5.56 Å². The van der Waals surface area contributed by atoms with Crippen LogP contribution in [-0.2, 0) is 4.79 Å². The van der Waals surface area contributed by atoms with Crippen molar-refractivity contribution in [3.8, 4) is 5.75 Å². The van der Waals surface area contributed by atoms with Crippen molar-refractivity contribution < 1.29 is 9.53 Å². The third-order valence-electron chi connectivity index (χ3n) is 3.34. The molecule has 2 N–H and O–H groups in total. The SMILES string of the molecule is O=C(COc1cccc(Cl)c1)N/N=C\c1cc2ccccc2[nH]c1=O. The van der Waals surface area contributed by atoms with Gasteiger partial charge in [0.05, 0.1) is 11.8 Å². The number of benzene rings is 2. The number of nitrogens with one attached hydrogen (secondary N) is 2. The maximum atomic E-state index is 12.0. The number of hydrazone groups is 1. The molecule has 0 aliphatic carbocycles. The summed E-state index contributed by atoms with van der Waals surface area (Å²) in [6.07, 6.45) is 1.29. The number of halogens is 1. The minimum atomic E-state index is -0.451. The summed E-state index contributed by atoms with van der Waals surface area (Å²) >= 11 is 5.83. The Kier molecular flexibility index (Phi) is 5.11. The number of fused-ring (bicyclic) bond motifs is 1. The minimum absolute atomic E-state index is 0.217. The second-order valence-corrected chi connectivity index (χ2v) is 5.62. The summed E-state index contributed by atoms with van der Waals surface area (Å²) < 4.78 is 5.29. The minimum Gasteiger partial charge on any atom is -0.484 e. The summed E-state index contributed by atoms with van der Waals surface area (Å²) in [6.45, 7) is -0.217. The molecule has 6 nitrogen and oxygen atoms in total. The van der Waals surface area contributed by atoms with Gasteiger partial charge in [-0.2, -0.15) is 5.10 Å². The number of pyridine rings is 1. The highest BCUT2D eigenvalue weighted by atomic mass is 35.5. The Hall–Kier alpha value is -3.12. The number of hydrogen-bond donors (Lipinski definition) is 2. The second-order valence-electron chi connectivity index (χ2n) is 5.18. The zero-order valence-electron chi connectivity index (χ0n) is 13.0. The van der Waals surface area contributed by atoms with Crippen LogP contribution in [0.5, 0.6) is 5.75 Å². The van der Waals surface area contributed by atoms with E-state index in [1.165, 1.54) is 6.21 Å². The van der Waals surface area contributed by atoms with Gasteiger partial charge < -0.3 is 9.72 Å². The zero-order valence-corrected chi connectivity index (χ0v) is 13.8. The molecule has 0 saturated carbocycles. The van der Waals surface area contributed by atoms with Gasteiger partial charge >= 0.3 is 0 Å². The lowest BCUT2D eigenvalue weighted by atomic mass is 10.2. The van der Waals surface area contributed by atoms with Crippen LogP contribution >= 0.6 is 11.6 Å². The smallest absolute Gasteiger partial charge is 0.277 e. The molecule has 3 rings (SSSR count). The summed E-state index contributed by atoms with van der Waals surface area (Å²) in [7, 11) is 0. The Morgan fingerprint density at radius 2 is 2.04 bits per heavy atom. The van der Waals surface area contributed by atoms with E-state index in [1.54, 1.807) is 30.3 Å². The highest BCUT2D eigenvalue weighted by Crippen LogP contribution is 2.16. The van der Waals surface area contributed by atoms with Gasteiger partial charge in [0.2, 0.25) is 0 Å². The van der Waals surface area contributed by atoms with Crippen molar-refractivity contribution in [3.05, 3.63) is 75.5 Å². The molecule has 25 heavy (non-hydrogen) atoms. The van der Waals surface area contributed by atoms with Gasteiger partial charge in [0.1, 0.15) is 5.75 Å². The van der Waals surface area contributed by atoms with E-state index in [9.17, 15) is 9.59 Å². The van der Waals surface area contributed by atoms with E-state index >= 15 is 0 Å². The molecule has 0 fully saturated rings. The Labute approximate surface area is 148 Å². The lowest BCUT2D eigenvalue weighted by Gasteiger charge is -2.05. The average molecular weight is 356 g/mol. The van der Waals surface area contributed by atoms with Crippen molar-refractivity contribution >= 4 is 34.6 Å². The van der Waals surface area contributed by atoms with Gasteiger partial charge in [0.15, 0.2) is 6.61 Å². The van der Waals surface area contributed by atoms with E-state index in [2.05, 4.69) is 15.5 Å². The number of carbonyl (C=O) groups is 1. The van der Waals surface area contributed by atoms with Crippen LogP contribution in [0, 0.1) is 0 Å². The monoisotopic (exact) mass is 355 g/mol. The van der Waals surface area contributed by atoms with E-state index in [0.717, 1.165) is 10.9 Å². The van der Waals surface area contributed by atoms with Gasteiger partial charge in [-0.25, -0.2) is 5.43 Å². The van der Waals surface area contributed by atoms with Crippen LogP contribution < -0.4 is 15.7 Å². The number of amides is 1. The number of aromatic nitrogens is 1. The summed E-state index contributed by atoms with van der Waals surface area (Å²) in [4.78, 5) is 26.4. The maximum Gasteiger partial charge on any atom is 0.277 e. The molecule has 0 radical (unpaired) electrons. The van der Waals surface area contributed by atoms with E-state index in [0.29, 0.717) is 16.3 Å². The van der Waals surface area contributed by atoms with Gasteiger partial charge in [0, 0.05) is 10.5 Å². The number of para-hydroxylation sites is 1. The van der Waals surface area contributed by atoms with E-state index in [1.807, 2.05) is 24.3 Å². The number of carbonyl (C=O) groups excluding carboxylic acids is 1. The van der Waals surface area contributed by atoms with E-state index < -0.39 is 5.91 Å². The number of rotatable bonds is 5. The largest absolute Gasteiger partial charge is 0.484 e. The summed E-state index contributed by atoms with van der Waals surface area (Å²) in [5, 5.41) is 5.18. The third-order valence-corrected chi connectivity index (χ3v) is 3.58. The summed E-state index contributed by atoms with van der Waals surface area (Å²) in [5.41, 5.74) is 3.11. The summed E-state index contributed by atoms with van der Waals surface area (Å²) in [6, 6.07) is 15.8. The molecule has 126 valence electrons. The Balaban J connectivity index is 1.60. The number of aromatic amines is 1. The molecule has 1 heterocycles. The topological polar surface area (TPSA) is 83.5 Å². The number of H-pyrrole nitrogens is 1. The fraction of sp³-hybridized carbons (Fsp3) is 0.0556.